The van der Waals surface area contributed by atoms with E-state index >= 15 is 0 Å². The SMILES string of the molecule is CCOC(=O)c1ccc(C#C/C=C/c2ccc(COC)cc2)cc1. The van der Waals surface area contributed by atoms with Crippen molar-refractivity contribution in [2.45, 2.75) is 13.5 Å². The summed E-state index contributed by atoms with van der Waals surface area (Å²) in [5.74, 6) is 5.72. The van der Waals surface area contributed by atoms with E-state index in [1.54, 1.807) is 26.2 Å². The minimum Gasteiger partial charge on any atom is -0.462 e. The van der Waals surface area contributed by atoms with Gasteiger partial charge in [0.25, 0.3) is 0 Å². The Morgan fingerprint density at radius 1 is 1.08 bits per heavy atom. The van der Waals surface area contributed by atoms with Crippen molar-refractivity contribution in [1.82, 2.24) is 0 Å². The average Bonchev–Trinajstić information content (AvgIpc) is 2.61. The van der Waals surface area contributed by atoms with Gasteiger partial charge < -0.3 is 9.47 Å². The van der Waals surface area contributed by atoms with Gasteiger partial charge in [0.2, 0.25) is 0 Å². The summed E-state index contributed by atoms with van der Waals surface area (Å²) in [6.07, 6.45) is 3.77. The molecule has 2 rings (SSSR count). The molecular formula is C21H20O3. The van der Waals surface area contributed by atoms with Crippen molar-refractivity contribution < 1.29 is 14.3 Å². The Morgan fingerprint density at radius 2 is 1.79 bits per heavy atom. The highest BCUT2D eigenvalue weighted by atomic mass is 16.5. The summed E-state index contributed by atoms with van der Waals surface area (Å²) >= 11 is 0. The second-order valence-electron chi connectivity index (χ2n) is 5.08. The first kappa shape index (κ1) is 17.5. The van der Waals surface area contributed by atoms with E-state index in [4.69, 9.17) is 9.47 Å². The molecule has 0 fully saturated rings. The largest absolute Gasteiger partial charge is 0.462 e. The molecule has 0 aliphatic carbocycles. The maximum atomic E-state index is 11.6. The Bertz CT molecular complexity index is 744. The van der Waals surface area contributed by atoms with E-state index in [9.17, 15) is 4.79 Å². The van der Waals surface area contributed by atoms with E-state index in [0.29, 0.717) is 18.8 Å². The van der Waals surface area contributed by atoms with Crippen LogP contribution in [-0.4, -0.2) is 19.7 Å². The molecule has 0 N–H and O–H groups in total. The number of ether oxygens (including phenoxy) is 2. The Morgan fingerprint density at radius 3 is 2.42 bits per heavy atom. The van der Waals surface area contributed by atoms with E-state index in [1.165, 1.54) is 0 Å². The Balaban J connectivity index is 1.95. The fourth-order valence-corrected chi connectivity index (χ4v) is 2.06. The maximum absolute atomic E-state index is 11.6. The molecule has 0 atom stereocenters. The van der Waals surface area contributed by atoms with Crippen LogP contribution in [0.25, 0.3) is 6.08 Å². The lowest BCUT2D eigenvalue weighted by Crippen LogP contribution is -2.03. The summed E-state index contributed by atoms with van der Waals surface area (Å²) in [5, 5.41) is 0. The fourth-order valence-electron chi connectivity index (χ4n) is 2.06. The molecule has 24 heavy (non-hydrogen) atoms. The van der Waals surface area contributed by atoms with Crippen molar-refractivity contribution in [3.63, 3.8) is 0 Å². The normalized spacial score (nSPS) is 10.2. The minimum absolute atomic E-state index is 0.311. The van der Waals surface area contributed by atoms with Gasteiger partial charge in [-0.1, -0.05) is 36.1 Å². The highest BCUT2D eigenvalue weighted by Crippen LogP contribution is 2.07. The van der Waals surface area contributed by atoms with Gasteiger partial charge in [0.15, 0.2) is 0 Å². The number of hydrogen-bond acceptors (Lipinski definition) is 3. The zero-order valence-corrected chi connectivity index (χ0v) is 13.9. The van der Waals surface area contributed by atoms with Crippen LogP contribution in [0.15, 0.2) is 54.6 Å². The molecule has 0 heterocycles. The fraction of sp³-hybridized carbons (Fsp3) is 0.190. The summed E-state index contributed by atoms with van der Waals surface area (Å²) in [6, 6.07) is 15.2. The van der Waals surface area contributed by atoms with Gasteiger partial charge in [-0.2, -0.15) is 0 Å². The highest BCUT2D eigenvalue weighted by Gasteiger charge is 2.04. The number of benzene rings is 2. The molecule has 3 heteroatoms. The molecule has 0 aliphatic rings. The van der Waals surface area contributed by atoms with Crippen molar-refractivity contribution in [2.75, 3.05) is 13.7 Å². The first-order valence-corrected chi connectivity index (χ1v) is 7.76. The lowest BCUT2D eigenvalue weighted by Gasteiger charge is -2.00. The van der Waals surface area contributed by atoms with E-state index in [2.05, 4.69) is 11.8 Å². The predicted molar refractivity (Wildman–Crippen MR) is 95.5 cm³/mol. The van der Waals surface area contributed by atoms with E-state index in [1.807, 2.05) is 48.6 Å². The number of allylic oxidation sites excluding steroid dienone is 1. The van der Waals surface area contributed by atoms with Crippen molar-refractivity contribution >= 4 is 12.0 Å². The van der Waals surface area contributed by atoms with Crippen LogP contribution in [0.5, 0.6) is 0 Å². The third kappa shape index (κ3) is 5.42. The molecule has 2 aromatic carbocycles. The summed E-state index contributed by atoms with van der Waals surface area (Å²) < 4.78 is 10.0. The van der Waals surface area contributed by atoms with Crippen molar-refractivity contribution in [3.8, 4) is 11.8 Å². The van der Waals surface area contributed by atoms with Gasteiger partial charge in [0.1, 0.15) is 0 Å². The molecule has 0 spiro atoms. The molecule has 0 aromatic heterocycles. The summed E-state index contributed by atoms with van der Waals surface area (Å²) in [5.41, 5.74) is 3.61. The van der Waals surface area contributed by atoms with Gasteiger partial charge in [0.05, 0.1) is 18.8 Å². The Kier molecular flexibility index (Phi) is 6.82. The first-order valence-electron chi connectivity index (χ1n) is 7.76. The summed E-state index contributed by atoms with van der Waals surface area (Å²) in [6.45, 7) is 2.78. The molecule has 0 radical (unpaired) electrons. The monoisotopic (exact) mass is 320 g/mol. The van der Waals surface area contributed by atoms with Crippen LogP contribution in [0.4, 0.5) is 0 Å². The molecule has 0 amide bonds. The molecule has 0 bridgehead atoms. The van der Waals surface area contributed by atoms with Gasteiger partial charge in [-0.3, -0.25) is 0 Å². The average molecular weight is 320 g/mol. The molecular weight excluding hydrogens is 300 g/mol. The van der Waals surface area contributed by atoms with Crippen molar-refractivity contribution in [2.24, 2.45) is 0 Å². The highest BCUT2D eigenvalue weighted by molar-refractivity contribution is 5.89. The van der Waals surface area contributed by atoms with Crippen LogP contribution in [0.1, 0.15) is 34.0 Å². The predicted octanol–water partition coefficient (Wildman–Crippen LogP) is 4.07. The van der Waals surface area contributed by atoms with Crippen molar-refractivity contribution in [1.29, 1.82) is 0 Å². The van der Waals surface area contributed by atoms with E-state index in [-0.39, 0.29) is 5.97 Å². The molecule has 0 unspecified atom stereocenters. The van der Waals surface area contributed by atoms with Crippen LogP contribution in [-0.2, 0) is 16.1 Å². The quantitative estimate of drug-likeness (QED) is 0.615. The third-order valence-electron chi connectivity index (χ3n) is 3.26. The molecule has 0 saturated carbocycles. The van der Waals surface area contributed by atoms with Crippen LogP contribution in [0, 0.1) is 11.8 Å². The van der Waals surface area contributed by atoms with Crippen molar-refractivity contribution in [3.05, 3.63) is 76.9 Å². The van der Waals surface area contributed by atoms with Crippen LogP contribution >= 0.6 is 0 Å². The molecule has 122 valence electrons. The molecule has 2 aromatic rings. The lowest BCUT2D eigenvalue weighted by atomic mass is 10.1. The number of esters is 1. The van der Waals surface area contributed by atoms with Gasteiger partial charge >= 0.3 is 5.97 Å². The number of carbonyl (C=O) groups excluding carboxylic acids is 1. The van der Waals surface area contributed by atoms with Gasteiger partial charge in [-0.05, 0) is 54.5 Å². The second-order valence-corrected chi connectivity index (χ2v) is 5.08. The number of carbonyl (C=O) groups is 1. The zero-order chi connectivity index (χ0) is 17.2. The topological polar surface area (TPSA) is 35.5 Å². The van der Waals surface area contributed by atoms with Crippen LogP contribution < -0.4 is 0 Å². The van der Waals surface area contributed by atoms with Gasteiger partial charge in [0, 0.05) is 12.7 Å². The molecule has 0 saturated heterocycles. The third-order valence-corrected chi connectivity index (χ3v) is 3.26. The summed E-state index contributed by atoms with van der Waals surface area (Å²) in [7, 11) is 1.68. The lowest BCUT2D eigenvalue weighted by molar-refractivity contribution is 0.0526. The second kappa shape index (κ2) is 9.34. The Hall–Kier alpha value is -2.83. The first-order chi connectivity index (χ1) is 11.7. The maximum Gasteiger partial charge on any atom is 0.338 e. The minimum atomic E-state index is -0.311. The standard InChI is InChI=1S/C21H20O3/c1-3-24-21(22)20-14-12-18(13-15-20)7-5-4-6-17-8-10-19(11-9-17)16-23-2/h4,6,8-15H,3,16H2,1-2H3/b6-4+. The zero-order valence-electron chi connectivity index (χ0n) is 13.9. The van der Waals surface area contributed by atoms with E-state index < -0.39 is 0 Å². The smallest absolute Gasteiger partial charge is 0.338 e. The molecule has 3 nitrogen and oxygen atoms in total. The van der Waals surface area contributed by atoms with Gasteiger partial charge in [-0.15, -0.1) is 0 Å². The van der Waals surface area contributed by atoms with Crippen LogP contribution in [0.2, 0.25) is 0 Å². The number of rotatable bonds is 5. The number of methoxy groups -OCH3 is 1. The van der Waals surface area contributed by atoms with E-state index in [0.717, 1.165) is 16.7 Å². The van der Waals surface area contributed by atoms with Gasteiger partial charge in [-0.25, -0.2) is 4.79 Å². The van der Waals surface area contributed by atoms with Crippen LogP contribution in [0.3, 0.4) is 0 Å². The summed E-state index contributed by atoms with van der Waals surface area (Å²) in [4.78, 5) is 11.6. The Labute approximate surface area is 142 Å². The number of hydrogen-bond donors (Lipinski definition) is 0. The molecule has 0 aliphatic heterocycles.